The molecule has 1 aromatic heterocycles. The van der Waals surface area contributed by atoms with Crippen LogP contribution in [0.15, 0.2) is 24.4 Å². The van der Waals surface area contributed by atoms with Crippen LogP contribution < -0.4 is 15.8 Å². The molecular weight excluding hydrogens is 312 g/mol. The van der Waals surface area contributed by atoms with Crippen molar-refractivity contribution in [2.45, 2.75) is 25.8 Å². The minimum Gasteiger partial charge on any atom is -0.491 e. The van der Waals surface area contributed by atoms with E-state index < -0.39 is 0 Å². The number of carbonyl (C=O) groups is 1. The van der Waals surface area contributed by atoms with E-state index in [1.54, 1.807) is 0 Å². The predicted molar refractivity (Wildman–Crippen MR) is 91.4 cm³/mol. The second kappa shape index (κ2) is 6.55. The molecule has 0 aliphatic carbocycles. The molecule has 1 atom stereocenters. The summed E-state index contributed by atoms with van der Waals surface area (Å²) in [6.45, 7) is 2.64. The summed E-state index contributed by atoms with van der Waals surface area (Å²) in [6.07, 6.45) is 3.48. The molecule has 1 aromatic carbocycles. The van der Waals surface area contributed by atoms with Gasteiger partial charge in [-0.1, -0.05) is 0 Å². The first-order valence-corrected chi connectivity index (χ1v) is 8.01. The molecule has 23 heavy (non-hydrogen) atoms. The summed E-state index contributed by atoms with van der Waals surface area (Å²) in [5.74, 6) is 0.772. The van der Waals surface area contributed by atoms with Gasteiger partial charge in [-0.3, -0.25) is 4.79 Å². The van der Waals surface area contributed by atoms with Crippen molar-refractivity contribution in [3.8, 4) is 5.75 Å². The summed E-state index contributed by atoms with van der Waals surface area (Å²) < 4.78 is 8.66. The molecule has 1 aliphatic heterocycles. The van der Waals surface area contributed by atoms with E-state index in [0.717, 1.165) is 35.5 Å². The number of carbonyl (C=O) groups excluding carboxylic acids is 1. The monoisotopic (exact) mass is 332 g/mol. The molecule has 6 nitrogen and oxygen atoms in total. The molecule has 0 saturated heterocycles. The van der Waals surface area contributed by atoms with Gasteiger partial charge >= 0.3 is 0 Å². The van der Waals surface area contributed by atoms with Gasteiger partial charge in [0.15, 0.2) is 4.77 Å². The lowest BCUT2D eigenvalue weighted by molar-refractivity contribution is -0.114. The highest BCUT2D eigenvalue weighted by Gasteiger charge is 2.24. The van der Waals surface area contributed by atoms with E-state index in [9.17, 15) is 4.79 Å². The Kier molecular flexibility index (Phi) is 4.49. The number of anilines is 1. The molecular formula is C16H20N4O2S. The second-order valence-electron chi connectivity index (χ2n) is 5.67. The van der Waals surface area contributed by atoms with Crippen molar-refractivity contribution in [2.75, 3.05) is 18.5 Å². The Balaban J connectivity index is 1.89. The summed E-state index contributed by atoms with van der Waals surface area (Å²) >= 11 is 5.40. The standard InChI is InChI=1S/C16H20N4O2S/c1-10(21)19-12-2-3-15-11(6-12)7-14(9-22-15)20-13(4-5-17)8-18-16(20)23/h2-3,6,8,14H,4-5,7,9,17H2,1H3,(H,18,23)(H,19,21). The van der Waals surface area contributed by atoms with Crippen molar-refractivity contribution in [3.05, 3.63) is 40.4 Å². The van der Waals surface area contributed by atoms with Crippen molar-refractivity contribution < 1.29 is 9.53 Å². The molecule has 2 heterocycles. The smallest absolute Gasteiger partial charge is 0.221 e. The van der Waals surface area contributed by atoms with Crippen LogP contribution in [0.25, 0.3) is 0 Å². The predicted octanol–water partition coefficient (Wildman–Crippen LogP) is 2.18. The van der Waals surface area contributed by atoms with E-state index in [1.165, 1.54) is 6.92 Å². The number of rotatable bonds is 4. The van der Waals surface area contributed by atoms with Crippen LogP contribution in [0.1, 0.15) is 24.2 Å². The minimum absolute atomic E-state index is 0.0867. The molecule has 1 unspecified atom stereocenters. The first-order chi connectivity index (χ1) is 11.1. The highest BCUT2D eigenvalue weighted by atomic mass is 32.1. The number of nitrogens with two attached hydrogens (primary N) is 1. The number of aromatic amines is 1. The number of aromatic nitrogens is 2. The third-order valence-corrected chi connectivity index (χ3v) is 4.24. The lowest BCUT2D eigenvalue weighted by Crippen LogP contribution is -2.26. The van der Waals surface area contributed by atoms with Crippen molar-refractivity contribution in [1.82, 2.24) is 9.55 Å². The lowest BCUT2D eigenvalue weighted by atomic mass is 10.0. The van der Waals surface area contributed by atoms with E-state index in [0.29, 0.717) is 17.9 Å². The van der Waals surface area contributed by atoms with Gasteiger partial charge in [0.1, 0.15) is 12.4 Å². The fourth-order valence-corrected chi connectivity index (χ4v) is 3.31. The maximum atomic E-state index is 11.2. The quantitative estimate of drug-likeness (QED) is 0.749. The molecule has 0 fully saturated rings. The summed E-state index contributed by atoms with van der Waals surface area (Å²) in [7, 11) is 0. The maximum Gasteiger partial charge on any atom is 0.221 e. The summed E-state index contributed by atoms with van der Waals surface area (Å²) in [5.41, 5.74) is 8.61. The largest absolute Gasteiger partial charge is 0.491 e. The molecule has 0 bridgehead atoms. The molecule has 0 spiro atoms. The Morgan fingerprint density at radius 1 is 1.57 bits per heavy atom. The molecule has 0 saturated carbocycles. The maximum absolute atomic E-state index is 11.2. The van der Waals surface area contributed by atoms with Crippen LogP contribution in [0, 0.1) is 4.77 Å². The van der Waals surface area contributed by atoms with Crippen molar-refractivity contribution >= 4 is 23.8 Å². The number of nitrogens with one attached hydrogen (secondary N) is 2. The number of H-pyrrole nitrogens is 1. The van der Waals surface area contributed by atoms with Crippen LogP contribution in [0.3, 0.4) is 0 Å². The van der Waals surface area contributed by atoms with Gasteiger partial charge in [0.05, 0.1) is 6.04 Å². The second-order valence-corrected chi connectivity index (χ2v) is 6.05. The van der Waals surface area contributed by atoms with Crippen molar-refractivity contribution in [3.63, 3.8) is 0 Å². The number of fused-ring (bicyclic) bond motifs is 1. The Labute approximate surface area is 139 Å². The first kappa shape index (κ1) is 15.8. The Morgan fingerprint density at radius 3 is 3.13 bits per heavy atom. The van der Waals surface area contributed by atoms with E-state index in [4.69, 9.17) is 22.7 Å². The fourth-order valence-electron chi connectivity index (χ4n) is 2.98. The number of hydrogen-bond donors (Lipinski definition) is 3. The number of hydrogen-bond acceptors (Lipinski definition) is 4. The van der Waals surface area contributed by atoms with Crippen LogP contribution >= 0.6 is 12.2 Å². The van der Waals surface area contributed by atoms with Crippen LogP contribution in [-0.2, 0) is 17.6 Å². The number of ether oxygens (including phenoxy) is 1. The van der Waals surface area contributed by atoms with Gasteiger partial charge in [0, 0.05) is 37.3 Å². The molecule has 1 amide bonds. The van der Waals surface area contributed by atoms with Gasteiger partial charge in [-0.15, -0.1) is 0 Å². The Bertz CT molecular complexity index is 781. The summed E-state index contributed by atoms with van der Waals surface area (Å²) in [6, 6.07) is 5.83. The van der Waals surface area contributed by atoms with Gasteiger partial charge < -0.3 is 25.3 Å². The van der Waals surface area contributed by atoms with Gasteiger partial charge in [-0.2, -0.15) is 0 Å². The van der Waals surface area contributed by atoms with E-state index >= 15 is 0 Å². The molecule has 1 aliphatic rings. The third kappa shape index (κ3) is 3.30. The zero-order chi connectivity index (χ0) is 16.4. The fraction of sp³-hybridized carbons (Fsp3) is 0.375. The SMILES string of the molecule is CC(=O)Nc1ccc2c(c1)CC(n1c(CCN)c[nH]c1=S)CO2. The molecule has 0 radical (unpaired) electrons. The average Bonchev–Trinajstić information content (AvgIpc) is 2.87. The average molecular weight is 332 g/mol. The zero-order valence-corrected chi connectivity index (χ0v) is 13.8. The third-order valence-electron chi connectivity index (χ3n) is 3.92. The van der Waals surface area contributed by atoms with Crippen LogP contribution in [0.2, 0.25) is 0 Å². The van der Waals surface area contributed by atoms with Crippen LogP contribution in [-0.4, -0.2) is 28.6 Å². The van der Waals surface area contributed by atoms with Gasteiger partial charge in [0.2, 0.25) is 5.91 Å². The highest BCUT2D eigenvalue weighted by Crippen LogP contribution is 2.32. The van der Waals surface area contributed by atoms with Gasteiger partial charge in [-0.25, -0.2) is 0 Å². The van der Waals surface area contributed by atoms with Crippen molar-refractivity contribution in [1.29, 1.82) is 0 Å². The minimum atomic E-state index is -0.0867. The topological polar surface area (TPSA) is 85.1 Å². The Hall–Kier alpha value is -2.12. The molecule has 7 heteroatoms. The van der Waals surface area contributed by atoms with Gasteiger partial charge in [0.25, 0.3) is 0 Å². The lowest BCUT2D eigenvalue weighted by Gasteiger charge is -2.28. The van der Waals surface area contributed by atoms with Gasteiger partial charge in [-0.05, 0) is 42.5 Å². The van der Waals surface area contributed by atoms with Crippen LogP contribution in [0.5, 0.6) is 5.75 Å². The molecule has 2 aromatic rings. The first-order valence-electron chi connectivity index (χ1n) is 7.60. The number of amides is 1. The zero-order valence-electron chi connectivity index (χ0n) is 13.0. The number of nitrogens with zero attached hydrogens (tertiary/aromatic N) is 1. The van der Waals surface area contributed by atoms with Crippen molar-refractivity contribution in [2.24, 2.45) is 5.73 Å². The molecule has 3 rings (SSSR count). The number of imidazole rings is 1. The van der Waals surface area contributed by atoms with Crippen LogP contribution in [0.4, 0.5) is 5.69 Å². The molecule has 4 N–H and O–H groups in total. The highest BCUT2D eigenvalue weighted by molar-refractivity contribution is 7.71. The normalized spacial score (nSPS) is 16.5. The number of benzene rings is 1. The van der Waals surface area contributed by atoms with E-state index in [-0.39, 0.29) is 11.9 Å². The summed E-state index contributed by atoms with van der Waals surface area (Å²) in [5, 5.41) is 2.80. The molecule has 122 valence electrons. The summed E-state index contributed by atoms with van der Waals surface area (Å²) in [4.78, 5) is 14.3. The van der Waals surface area contributed by atoms with E-state index in [1.807, 2.05) is 24.4 Å². The van der Waals surface area contributed by atoms with E-state index in [2.05, 4.69) is 14.9 Å². The Morgan fingerprint density at radius 2 is 2.39 bits per heavy atom.